The van der Waals surface area contributed by atoms with Crippen molar-refractivity contribution in [1.29, 1.82) is 0 Å². The van der Waals surface area contributed by atoms with Gasteiger partial charge in [0.2, 0.25) is 0 Å². The second-order valence-electron chi connectivity index (χ2n) is 6.28. The Morgan fingerprint density at radius 1 is 0.789 bits per heavy atom. The van der Waals surface area contributed by atoms with Gasteiger partial charge in [-0.2, -0.15) is 0 Å². The first kappa shape index (κ1) is 17.0. The highest BCUT2D eigenvalue weighted by molar-refractivity contribution is 4.90. The Morgan fingerprint density at radius 2 is 1.32 bits per heavy atom. The maximum Gasteiger partial charge on any atom is 0.0971 e. The van der Waals surface area contributed by atoms with Crippen molar-refractivity contribution >= 4 is 0 Å². The van der Waals surface area contributed by atoms with Crippen molar-refractivity contribution in [3.63, 3.8) is 0 Å². The first-order valence-electron chi connectivity index (χ1n) is 8.66. The summed E-state index contributed by atoms with van der Waals surface area (Å²) in [5, 5.41) is 3.63. The Morgan fingerprint density at radius 3 is 1.84 bits per heavy atom. The lowest BCUT2D eigenvalue weighted by molar-refractivity contribution is 0.169. The van der Waals surface area contributed by atoms with Gasteiger partial charge in [0.15, 0.2) is 0 Å². The highest BCUT2D eigenvalue weighted by Gasteiger charge is 2.32. The minimum atomic E-state index is 0.318. The summed E-state index contributed by atoms with van der Waals surface area (Å²) < 4.78 is 5.60. The largest absolute Gasteiger partial charge is 0.364 e. The number of unbranched alkanes of at least 4 members (excludes halogenated alkanes) is 8. The summed E-state index contributed by atoms with van der Waals surface area (Å²) >= 11 is 0. The molecule has 1 unspecified atom stereocenters. The van der Waals surface area contributed by atoms with Crippen LogP contribution in [-0.2, 0) is 4.74 Å². The van der Waals surface area contributed by atoms with Crippen LogP contribution in [0.3, 0.4) is 0 Å². The molecule has 1 saturated heterocycles. The molecule has 1 aliphatic heterocycles. The van der Waals surface area contributed by atoms with Gasteiger partial charge in [-0.1, -0.05) is 78.1 Å². The highest BCUT2D eigenvalue weighted by Crippen LogP contribution is 2.26. The van der Waals surface area contributed by atoms with Gasteiger partial charge in [0.05, 0.1) is 13.3 Å². The van der Waals surface area contributed by atoms with E-state index in [1.807, 2.05) is 0 Å². The summed E-state index contributed by atoms with van der Waals surface area (Å²) in [5.74, 6) is 0. The molecule has 0 radical (unpaired) electrons. The molecular formula is C17H35NO. The van der Waals surface area contributed by atoms with E-state index in [4.69, 9.17) is 4.74 Å². The number of hydrogen-bond acceptors (Lipinski definition) is 2. The second-order valence-corrected chi connectivity index (χ2v) is 6.28. The fraction of sp³-hybridized carbons (Fsp3) is 1.00. The predicted molar refractivity (Wildman–Crippen MR) is 83.4 cm³/mol. The molecule has 1 fully saturated rings. The third kappa shape index (κ3) is 7.31. The third-order valence-corrected chi connectivity index (χ3v) is 4.45. The summed E-state index contributed by atoms with van der Waals surface area (Å²) in [7, 11) is 0. The zero-order valence-electron chi connectivity index (χ0n) is 13.3. The number of rotatable bonds is 12. The third-order valence-electron chi connectivity index (χ3n) is 4.45. The van der Waals surface area contributed by atoms with Crippen LogP contribution < -0.4 is 5.32 Å². The van der Waals surface area contributed by atoms with Crippen molar-refractivity contribution in [2.24, 2.45) is 0 Å². The Labute approximate surface area is 120 Å². The number of hydrogen-bond donors (Lipinski definition) is 1. The van der Waals surface area contributed by atoms with Crippen LogP contribution in [0.15, 0.2) is 0 Å². The maximum absolute atomic E-state index is 5.60. The number of nitrogens with one attached hydrogen (secondary N) is 1. The lowest BCUT2D eigenvalue weighted by Gasteiger charge is -2.28. The van der Waals surface area contributed by atoms with Crippen LogP contribution in [0.4, 0.5) is 0 Å². The Kier molecular flexibility index (Phi) is 9.54. The zero-order chi connectivity index (χ0) is 13.8. The van der Waals surface area contributed by atoms with Crippen LogP contribution in [0.1, 0.15) is 90.9 Å². The van der Waals surface area contributed by atoms with E-state index in [-0.39, 0.29) is 0 Å². The van der Waals surface area contributed by atoms with Crippen molar-refractivity contribution < 1.29 is 4.74 Å². The van der Waals surface area contributed by atoms with E-state index in [1.165, 1.54) is 77.0 Å². The molecule has 0 spiro atoms. The van der Waals surface area contributed by atoms with E-state index in [9.17, 15) is 0 Å². The normalized spacial score (nSPS) is 23.1. The molecule has 1 aliphatic rings. The zero-order valence-corrected chi connectivity index (χ0v) is 13.3. The van der Waals surface area contributed by atoms with Gasteiger partial charge < -0.3 is 4.74 Å². The standard InChI is InChI=1S/C17H35NO/c1-3-5-7-9-10-12-14-17(15-19-16-18-17)13-11-8-6-4-2/h18H,3-16H2,1-2H3. The molecule has 2 nitrogen and oxygen atoms in total. The van der Waals surface area contributed by atoms with Crippen molar-refractivity contribution in [3.05, 3.63) is 0 Å². The van der Waals surface area contributed by atoms with E-state index in [0.717, 1.165) is 13.3 Å². The van der Waals surface area contributed by atoms with Gasteiger partial charge >= 0.3 is 0 Å². The Hall–Kier alpha value is -0.0800. The Balaban J connectivity index is 2.12. The average molecular weight is 269 g/mol. The van der Waals surface area contributed by atoms with E-state index in [1.54, 1.807) is 0 Å². The minimum absolute atomic E-state index is 0.318. The minimum Gasteiger partial charge on any atom is -0.364 e. The molecule has 1 atom stereocenters. The fourth-order valence-electron chi connectivity index (χ4n) is 3.08. The summed E-state index contributed by atoms with van der Waals surface area (Å²) in [4.78, 5) is 0. The van der Waals surface area contributed by atoms with E-state index in [0.29, 0.717) is 5.54 Å². The SMILES string of the molecule is CCCCCCCCC1(CCCCCC)COCN1. The average Bonchev–Trinajstić information content (AvgIpc) is 2.88. The lowest BCUT2D eigenvalue weighted by atomic mass is 9.87. The molecule has 2 heteroatoms. The molecule has 1 heterocycles. The van der Waals surface area contributed by atoms with Gasteiger partial charge in [-0.05, 0) is 12.8 Å². The fourth-order valence-corrected chi connectivity index (χ4v) is 3.08. The van der Waals surface area contributed by atoms with Crippen molar-refractivity contribution in [1.82, 2.24) is 5.32 Å². The summed E-state index contributed by atoms with van der Waals surface area (Å²) in [6.07, 6.45) is 16.4. The molecule has 0 aromatic rings. The van der Waals surface area contributed by atoms with E-state index >= 15 is 0 Å². The molecule has 0 aliphatic carbocycles. The molecule has 0 aromatic heterocycles. The molecule has 19 heavy (non-hydrogen) atoms. The van der Waals surface area contributed by atoms with E-state index < -0.39 is 0 Å². The summed E-state index contributed by atoms with van der Waals surface area (Å²) in [6.45, 7) is 6.27. The lowest BCUT2D eigenvalue weighted by Crippen LogP contribution is -2.42. The predicted octanol–water partition coefficient (Wildman–Crippen LogP) is 5.02. The molecule has 0 saturated carbocycles. The molecule has 1 rings (SSSR count). The topological polar surface area (TPSA) is 21.3 Å². The van der Waals surface area contributed by atoms with Crippen LogP contribution >= 0.6 is 0 Å². The van der Waals surface area contributed by atoms with Gasteiger partial charge in [-0.25, -0.2) is 0 Å². The number of ether oxygens (including phenoxy) is 1. The highest BCUT2D eigenvalue weighted by atomic mass is 16.5. The first-order chi connectivity index (χ1) is 9.33. The van der Waals surface area contributed by atoms with Gasteiger partial charge in [-0.15, -0.1) is 0 Å². The molecule has 0 bridgehead atoms. The maximum atomic E-state index is 5.60. The first-order valence-corrected chi connectivity index (χ1v) is 8.66. The van der Waals surface area contributed by atoms with Crippen molar-refractivity contribution in [2.45, 2.75) is 96.4 Å². The molecular weight excluding hydrogens is 234 g/mol. The van der Waals surface area contributed by atoms with Crippen LogP contribution in [0.2, 0.25) is 0 Å². The van der Waals surface area contributed by atoms with Crippen LogP contribution in [-0.4, -0.2) is 18.9 Å². The Bertz CT molecular complexity index is 199. The van der Waals surface area contributed by atoms with E-state index in [2.05, 4.69) is 19.2 Å². The molecule has 0 aromatic carbocycles. The van der Waals surface area contributed by atoms with Crippen LogP contribution in [0.25, 0.3) is 0 Å². The van der Waals surface area contributed by atoms with Crippen molar-refractivity contribution in [3.8, 4) is 0 Å². The molecule has 1 N–H and O–H groups in total. The second kappa shape index (κ2) is 10.7. The van der Waals surface area contributed by atoms with Crippen molar-refractivity contribution in [2.75, 3.05) is 13.3 Å². The van der Waals surface area contributed by atoms with Gasteiger partial charge in [0.25, 0.3) is 0 Å². The van der Waals surface area contributed by atoms with Gasteiger partial charge in [-0.3, -0.25) is 5.32 Å². The van der Waals surface area contributed by atoms with Gasteiger partial charge in [0, 0.05) is 5.54 Å². The summed E-state index contributed by atoms with van der Waals surface area (Å²) in [5.41, 5.74) is 0.318. The molecule has 114 valence electrons. The smallest absolute Gasteiger partial charge is 0.0971 e. The summed E-state index contributed by atoms with van der Waals surface area (Å²) in [6, 6.07) is 0. The van der Waals surface area contributed by atoms with Gasteiger partial charge in [0.1, 0.15) is 0 Å². The quantitative estimate of drug-likeness (QED) is 0.502. The molecule has 0 amide bonds. The van der Waals surface area contributed by atoms with Crippen LogP contribution in [0.5, 0.6) is 0 Å². The van der Waals surface area contributed by atoms with Crippen LogP contribution in [0, 0.1) is 0 Å². The monoisotopic (exact) mass is 269 g/mol.